The van der Waals surface area contributed by atoms with Gasteiger partial charge in [-0.2, -0.15) is 4.98 Å². The van der Waals surface area contributed by atoms with Crippen molar-refractivity contribution in [2.75, 3.05) is 23.3 Å². The maximum absolute atomic E-state index is 11.7. The Bertz CT molecular complexity index is 1020. The SMILES string of the molecule is C[C@]1(O)C[C@@H](C(=O)O)N(c2nc(NC3=NCC(C4CC4)=C3)c3cccn3n2)C1. The maximum atomic E-state index is 11.7. The molecule has 9 nitrogen and oxygen atoms in total. The standard InChI is InChI=1S/C19H22N6O3/c1-19(28)8-14(17(26)27)24(10-19)18-22-16(13-3-2-6-25(13)23-18)21-15-7-12(9-20-15)11-4-5-11/h2-3,6-7,11,14,28H,4-5,8-10H2,1H3,(H,26,27)(H,20,21,22,23)/t14-,19-/m0/s1. The molecule has 2 atom stereocenters. The first-order valence-corrected chi connectivity index (χ1v) is 9.49. The number of carbonyl (C=O) groups is 1. The van der Waals surface area contributed by atoms with E-state index in [0.717, 1.165) is 17.9 Å². The fraction of sp³-hybridized carbons (Fsp3) is 0.474. The summed E-state index contributed by atoms with van der Waals surface area (Å²) < 4.78 is 1.66. The first kappa shape index (κ1) is 17.2. The van der Waals surface area contributed by atoms with E-state index in [1.54, 1.807) is 22.5 Å². The van der Waals surface area contributed by atoms with Gasteiger partial charge >= 0.3 is 5.97 Å². The Morgan fingerprint density at radius 2 is 2.21 bits per heavy atom. The van der Waals surface area contributed by atoms with Crippen molar-refractivity contribution in [2.24, 2.45) is 10.9 Å². The number of hydrogen-bond donors (Lipinski definition) is 3. The lowest BCUT2D eigenvalue weighted by atomic mass is 10.0. The summed E-state index contributed by atoms with van der Waals surface area (Å²) in [4.78, 5) is 22.4. The van der Waals surface area contributed by atoms with E-state index in [0.29, 0.717) is 11.7 Å². The van der Waals surface area contributed by atoms with Crippen LogP contribution in [0.3, 0.4) is 0 Å². The van der Waals surface area contributed by atoms with E-state index in [2.05, 4.69) is 26.5 Å². The highest BCUT2D eigenvalue weighted by atomic mass is 16.4. The van der Waals surface area contributed by atoms with Gasteiger partial charge in [-0.15, -0.1) is 5.10 Å². The Hall–Kier alpha value is -2.94. The molecule has 1 saturated heterocycles. The lowest BCUT2D eigenvalue weighted by molar-refractivity contribution is -0.138. The van der Waals surface area contributed by atoms with E-state index in [-0.39, 0.29) is 18.9 Å². The molecular weight excluding hydrogens is 360 g/mol. The third kappa shape index (κ3) is 3.01. The van der Waals surface area contributed by atoms with Gasteiger partial charge in [-0.3, -0.25) is 4.99 Å². The molecule has 1 saturated carbocycles. The van der Waals surface area contributed by atoms with E-state index in [9.17, 15) is 15.0 Å². The van der Waals surface area contributed by atoms with Crippen LogP contribution in [0.5, 0.6) is 0 Å². The van der Waals surface area contributed by atoms with E-state index in [4.69, 9.17) is 0 Å². The van der Waals surface area contributed by atoms with E-state index < -0.39 is 17.6 Å². The zero-order valence-corrected chi connectivity index (χ0v) is 15.5. The van der Waals surface area contributed by atoms with Crippen LogP contribution in [0.4, 0.5) is 11.8 Å². The number of aliphatic hydroxyl groups is 1. The van der Waals surface area contributed by atoms with Crippen molar-refractivity contribution in [1.82, 2.24) is 14.6 Å². The fourth-order valence-corrected chi connectivity index (χ4v) is 3.98. The Balaban J connectivity index is 1.50. The first-order chi connectivity index (χ1) is 13.4. The molecular formula is C19H22N6O3. The summed E-state index contributed by atoms with van der Waals surface area (Å²) in [5.41, 5.74) is 1.02. The van der Waals surface area contributed by atoms with Crippen molar-refractivity contribution in [3.8, 4) is 0 Å². The quantitative estimate of drug-likeness (QED) is 0.730. The maximum Gasteiger partial charge on any atom is 0.326 e. The van der Waals surface area contributed by atoms with Gasteiger partial charge in [-0.1, -0.05) is 0 Å². The molecule has 1 aliphatic carbocycles. The Labute approximate surface area is 161 Å². The van der Waals surface area contributed by atoms with Crippen LogP contribution in [0, 0.1) is 5.92 Å². The van der Waals surface area contributed by atoms with Crippen molar-refractivity contribution in [3.05, 3.63) is 30.0 Å². The number of nitrogens with one attached hydrogen (secondary N) is 1. The summed E-state index contributed by atoms with van der Waals surface area (Å²) >= 11 is 0. The molecule has 0 amide bonds. The monoisotopic (exact) mass is 382 g/mol. The summed E-state index contributed by atoms with van der Waals surface area (Å²) in [6.07, 6.45) is 6.47. The van der Waals surface area contributed by atoms with Gasteiger partial charge in [0.15, 0.2) is 5.82 Å². The molecule has 5 rings (SSSR count). The zero-order valence-electron chi connectivity index (χ0n) is 15.5. The van der Waals surface area contributed by atoms with E-state index >= 15 is 0 Å². The number of nitrogens with zero attached hydrogens (tertiary/aromatic N) is 5. The molecule has 2 fully saturated rings. The van der Waals surface area contributed by atoms with Gasteiger partial charge in [0.05, 0.1) is 18.7 Å². The highest BCUT2D eigenvalue weighted by Gasteiger charge is 2.44. The molecule has 2 aromatic rings. The molecule has 9 heteroatoms. The van der Waals surface area contributed by atoms with Crippen molar-refractivity contribution >= 4 is 29.1 Å². The molecule has 3 aliphatic rings. The summed E-state index contributed by atoms with van der Waals surface area (Å²) in [5.74, 6) is 1.26. The lowest BCUT2D eigenvalue weighted by Gasteiger charge is -2.22. The predicted molar refractivity (Wildman–Crippen MR) is 104 cm³/mol. The van der Waals surface area contributed by atoms with Crippen LogP contribution < -0.4 is 10.2 Å². The fourth-order valence-electron chi connectivity index (χ4n) is 3.98. The van der Waals surface area contributed by atoms with Gasteiger partial charge < -0.3 is 20.4 Å². The summed E-state index contributed by atoms with van der Waals surface area (Å²) in [6, 6.07) is 2.87. The number of anilines is 2. The number of aliphatic carboxylic acids is 1. The number of aromatic nitrogens is 3. The summed E-state index contributed by atoms with van der Waals surface area (Å²) in [6.45, 7) is 2.51. The molecule has 0 unspecified atom stereocenters. The number of carboxylic acids is 1. The van der Waals surface area contributed by atoms with Gasteiger partial charge in [0, 0.05) is 12.6 Å². The number of hydrogen-bond acceptors (Lipinski definition) is 7. The van der Waals surface area contributed by atoms with Gasteiger partial charge in [0.1, 0.15) is 17.4 Å². The van der Waals surface area contributed by atoms with E-state index in [1.807, 2.05) is 12.1 Å². The average Bonchev–Trinajstić information content (AvgIpc) is 3.05. The van der Waals surface area contributed by atoms with Crippen LogP contribution in [0.2, 0.25) is 0 Å². The van der Waals surface area contributed by atoms with Crippen LogP contribution in [0.25, 0.3) is 5.52 Å². The van der Waals surface area contributed by atoms with Crippen LogP contribution in [-0.4, -0.2) is 61.3 Å². The third-order valence-electron chi connectivity index (χ3n) is 5.54. The third-order valence-corrected chi connectivity index (χ3v) is 5.54. The largest absolute Gasteiger partial charge is 0.480 e. The summed E-state index contributed by atoms with van der Waals surface area (Å²) in [5, 5.41) is 27.7. The topological polar surface area (TPSA) is 115 Å². The Morgan fingerprint density at radius 1 is 1.39 bits per heavy atom. The second kappa shape index (κ2) is 6.03. The second-order valence-corrected chi connectivity index (χ2v) is 8.10. The highest BCUT2D eigenvalue weighted by Crippen LogP contribution is 2.38. The van der Waals surface area contributed by atoms with Gasteiger partial charge in [0.25, 0.3) is 0 Å². The number of rotatable bonds is 4. The Morgan fingerprint density at radius 3 is 2.96 bits per heavy atom. The van der Waals surface area contributed by atoms with Crippen molar-refractivity contribution in [3.63, 3.8) is 0 Å². The number of carboxylic acid groups (broad SMARTS) is 1. The number of amidine groups is 1. The molecule has 146 valence electrons. The molecule has 0 radical (unpaired) electrons. The van der Waals surface area contributed by atoms with Crippen LogP contribution in [0.15, 0.2) is 35.0 Å². The number of aliphatic imine (C=N–C) groups is 1. The zero-order chi connectivity index (χ0) is 19.5. The smallest absolute Gasteiger partial charge is 0.326 e. The van der Waals surface area contributed by atoms with Crippen molar-refractivity contribution < 1.29 is 15.0 Å². The molecule has 0 aromatic carbocycles. The average molecular weight is 382 g/mol. The van der Waals surface area contributed by atoms with E-state index in [1.165, 1.54) is 18.4 Å². The van der Waals surface area contributed by atoms with Crippen molar-refractivity contribution in [1.29, 1.82) is 0 Å². The molecule has 0 spiro atoms. The molecule has 2 aromatic heterocycles. The summed E-state index contributed by atoms with van der Waals surface area (Å²) in [7, 11) is 0. The van der Waals surface area contributed by atoms with Crippen LogP contribution in [0.1, 0.15) is 26.2 Å². The predicted octanol–water partition coefficient (Wildman–Crippen LogP) is 1.30. The lowest BCUT2D eigenvalue weighted by Crippen LogP contribution is -2.38. The molecule has 2 aliphatic heterocycles. The molecule has 28 heavy (non-hydrogen) atoms. The number of β-amino-alcohol motifs (C(OH)–C–C–N with tert-alkyl or cyclic N) is 1. The van der Waals surface area contributed by atoms with Crippen LogP contribution in [-0.2, 0) is 4.79 Å². The number of fused-ring (bicyclic) bond motifs is 1. The Kier molecular flexibility index (Phi) is 3.70. The molecule has 3 N–H and O–H groups in total. The molecule has 0 bridgehead atoms. The highest BCUT2D eigenvalue weighted by molar-refractivity contribution is 6.07. The van der Waals surface area contributed by atoms with Gasteiger partial charge in [0.2, 0.25) is 5.95 Å². The minimum absolute atomic E-state index is 0.123. The minimum Gasteiger partial charge on any atom is -0.480 e. The normalized spacial score (nSPS) is 27.2. The molecule has 4 heterocycles. The second-order valence-electron chi connectivity index (χ2n) is 8.10. The van der Waals surface area contributed by atoms with Crippen LogP contribution >= 0.6 is 0 Å². The van der Waals surface area contributed by atoms with Gasteiger partial charge in [-0.05, 0) is 49.5 Å². The minimum atomic E-state index is -1.11. The first-order valence-electron chi connectivity index (χ1n) is 9.49. The van der Waals surface area contributed by atoms with Gasteiger partial charge in [-0.25, -0.2) is 9.31 Å². The van der Waals surface area contributed by atoms with Crippen molar-refractivity contribution in [2.45, 2.75) is 37.8 Å².